The summed E-state index contributed by atoms with van der Waals surface area (Å²) in [5.74, 6) is 3.13. The van der Waals surface area contributed by atoms with E-state index >= 15 is 0 Å². The van der Waals surface area contributed by atoms with Crippen LogP contribution in [0.5, 0.6) is 0 Å². The van der Waals surface area contributed by atoms with Crippen molar-refractivity contribution in [3.63, 3.8) is 0 Å². The Kier molecular flexibility index (Phi) is 9.65. The highest BCUT2D eigenvalue weighted by Gasteiger charge is 2.24. The van der Waals surface area contributed by atoms with Crippen LogP contribution in [0.25, 0.3) is 0 Å². The summed E-state index contributed by atoms with van der Waals surface area (Å²) in [5.41, 5.74) is 0. The van der Waals surface area contributed by atoms with Gasteiger partial charge in [-0.3, -0.25) is 0 Å². The smallest absolute Gasteiger partial charge is 0.0575 e. The van der Waals surface area contributed by atoms with E-state index in [4.69, 9.17) is 4.74 Å². The van der Waals surface area contributed by atoms with E-state index in [2.05, 4.69) is 13.8 Å². The molecule has 0 spiro atoms. The quantitative estimate of drug-likeness (QED) is 0.388. The molecule has 1 nitrogen and oxygen atoms in total. The first-order valence-corrected chi connectivity index (χ1v) is 10.9. The van der Waals surface area contributed by atoms with Crippen LogP contribution in [0.1, 0.15) is 110 Å². The van der Waals surface area contributed by atoms with E-state index in [9.17, 15) is 0 Å². The normalized spacial score (nSPS) is 32.1. The summed E-state index contributed by atoms with van der Waals surface area (Å²) in [6.45, 7) is 5.66. The monoisotopic (exact) mass is 322 g/mol. The molecule has 2 aliphatic rings. The Morgan fingerprint density at radius 2 is 1.22 bits per heavy atom. The van der Waals surface area contributed by atoms with Crippen LogP contribution in [0.3, 0.4) is 0 Å². The SMILES string of the molecule is CCCCCCOC1CCC(CCC2CCC(CC)CC2)CC1. The molecular formula is C22H42O. The molecule has 2 fully saturated rings. The topological polar surface area (TPSA) is 9.23 Å². The molecule has 0 aromatic heterocycles. The van der Waals surface area contributed by atoms with Crippen LogP contribution in [0, 0.1) is 17.8 Å². The third-order valence-electron chi connectivity index (χ3n) is 6.67. The van der Waals surface area contributed by atoms with Crippen molar-refractivity contribution >= 4 is 0 Å². The van der Waals surface area contributed by atoms with Crippen molar-refractivity contribution in [1.29, 1.82) is 0 Å². The van der Waals surface area contributed by atoms with Crippen LogP contribution in [0.4, 0.5) is 0 Å². The maximum Gasteiger partial charge on any atom is 0.0575 e. The Bertz CT molecular complexity index is 272. The van der Waals surface area contributed by atoms with E-state index in [1.54, 1.807) is 0 Å². The average Bonchev–Trinajstić information content (AvgIpc) is 2.61. The van der Waals surface area contributed by atoms with Crippen molar-refractivity contribution in [3.8, 4) is 0 Å². The largest absolute Gasteiger partial charge is 0.378 e. The molecule has 2 aliphatic carbocycles. The number of rotatable bonds is 10. The van der Waals surface area contributed by atoms with Crippen molar-refractivity contribution in [2.45, 2.75) is 116 Å². The number of hydrogen-bond acceptors (Lipinski definition) is 1. The predicted molar refractivity (Wildman–Crippen MR) is 101 cm³/mol. The second-order valence-corrected chi connectivity index (χ2v) is 8.45. The minimum absolute atomic E-state index is 0.591. The van der Waals surface area contributed by atoms with Crippen LogP contribution in [0.2, 0.25) is 0 Å². The highest BCUT2D eigenvalue weighted by atomic mass is 16.5. The lowest BCUT2D eigenvalue weighted by Crippen LogP contribution is -2.23. The van der Waals surface area contributed by atoms with Gasteiger partial charge in [-0.2, -0.15) is 0 Å². The van der Waals surface area contributed by atoms with Crippen molar-refractivity contribution in [3.05, 3.63) is 0 Å². The van der Waals surface area contributed by atoms with Gasteiger partial charge in [0.1, 0.15) is 0 Å². The van der Waals surface area contributed by atoms with Crippen molar-refractivity contribution in [2.75, 3.05) is 6.61 Å². The van der Waals surface area contributed by atoms with E-state index in [0.29, 0.717) is 6.10 Å². The Hall–Kier alpha value is -0.0400. The van der Waals surface area contributed by atoms with Crippen molar-refractivity contribution < 1.29 is 4.74 Å². The molecule has 0 radical (unpaired) electrons. The molecule has 0 unspecified atom stereocenters. The summed E-state index contributed by atoms with van der Waals surface area (Å²) in [6, 6.07) is 0. The maximum atomic E-state index is 6.10. The Morgan fingerprint density at radius 3 is 1.78 bits per heavy atom. The number of hydrogen-bond donors (Lipinski definition) is 0. The molecule has 0 aromatic rings. The molecule has 0 N–H and O–H groups in total. The molecule has 0 aromatic carbocycles. The molecule has 0 bridgehead atoms. The predicted octanol–water partition coefficient (Wildman–Crippen LogP) is 7.14. The standard InChI is InChI=1S/C22H42O/c1-3-5-6-7-18-23-22-16-14-21(15-17-22)13-12-20-10-8-19(4-2)9-11-20/h19-22H,3-18H2,1-2H3. The van der Waals surface area contributed by atoms with Gasteiger partial charge in [0, 0.05) is 6.61 Å². The molecule has 23 heavy (non-hydrogen) atoms. The van der Waals surface area contributed by atoms with Gasteiger partial charge in [-0.15, -0.1) is 0 Å². The molecule has 0 atom stereocenters. The Labute approximate surface area is 146 Å². The molecule has 0 saturated heterocycles. The van der Waals surface area contributed by atoms with Gasteiger partial charge in [0.25, 0.3) is 0 Å². The summed E-state index contributed by atoms with van der Waals surface area (Å²) >= 11 is 0. The van der Waals surface area contributed by atoms with Gasteiger partial charge in [0.15, 0.2) is 0 Å². The molecule has 2 saturated carbocycles. The minimum atomic E-state index is 0.591. The summed E-state index contributed by atoms with van der Waals surface area (Å²) in [6.07, 6.45) is 22.0. The molecule has 136 valence electrons. The first-order valence-electron chi connectivity index (χ1n) is 10.9. The number of unbranched alkanes of at least 4 members (excludes halogenated alkanes) is 3. The summed E-state index contributed by atoms with van der Waals surface area (Å²) in [7, 11) is 0. The summed E-state index contributed by atoms with van der Waals surface area (Å²) < 4.78 is 6.10. The lowest BCUT2D eigenvalue weighted by Gasteiger charge is -2.31. The lowest BCUT2D eigenvalue weighted by atomic mass is 9.76. The second-order valence-electron chi connectivity index (χ2n) is 8.45. The molecule has 0 heterocycles. The fourth-order valence-electron chi connectivity index (χ4n) is 4.77. The highest BCUT2D eigenvalue weighted by Crippen LogP contribution is 2.36. The molecule has 0 aliphatic heterocycles. The zero-order chi connectivity index (χ0) is 16.3. The van der Waals surface area contributed by atoms with Crippen LogP contribution in [-0.2, 0) is 4.74 Å². The zero-order valence-electron chi connectivity index (χ0n) is 16.0. The van der Waals surface area contributed by atoms with E-state index in [1.165, 1.54) is 96.3 Å². The number of ether oxygens (including phenoxy) is 1. The molecule has 0 amide bonds. The average molecular weight is 323 g/mol. The highest BCUT2D eigenvalue weighted by molar-refractivity contribution is 4.76. The Balaban J connectivity index is 1.48. The van der Waals surface area contributed by atoms with E-state index in [0.717, 1.165) is 24.4 Å². The summed E-state index contributed by atoms with van der Waals surface area (Å²) in [5, 5.41) is 0. The van der Waals surface area contributed by atoms with Gasteiger partial charge in [-0.05, 0) is 49.9 Å². The van der Waals surface area contributed by atoms with Gasteiger partial charge in [-0.1, -0.05) is 78.1 Å². The minimum Gasteiger partial charge on any atom is -0.378 e. The maximum absolute atomic E-state index is 6.10. The third-order valence-corrected chi connectivity index (χ3v) is 6.67. The zero-order valence-corrected chi connectivity index (χ0v) is 16.0. The first-order chi connectivity index (χ1) is 11.3. The van der Waals surface area contributed by atoms with Crippen LogP contribution >= 0.6 is 0 Å². The van der Waals surface area contributed by atoms with Gasteiger partial charge in [0.2, 0.25) is 0 Å². The van der Waals surface area contributed by atoms with Crippen molar-refractivity contribution in [2.24, 2.45) is 17.8 Å². The van der Waals surface area contributed by atoms with Gasteiger partial charge in [-0.25, -0.2) is 0 Å². The lowest BCUT2D eigenvalue weighted by molar-refractivity contribution is 0.0145. The van der Waals surface area contributed by atoms with E-state index in [1.807, 2.05) is 0 Å². The molecule has 2 rings (SSSR count). The fourth-order valence-corrected chi connectivity index (χ4v) is 4.77. The van der Waals surface area contributed by atoms with Gasteiger partial charge >= 0.3 is 0 Å². The second kappa shape index (κ2) is 11.5. The first kappa shape index (κ1) is 19.3. The van der Waals surface area contributed by atoms with Gasteiger partial charge in [0.05, 0.1) is 6.10 Å². The summed E-state index contributed by atoms with van der Waals surface area (Å²) in [4.78, 5) is 0. The fraction of sp³-hybridized carbons (Fsp3) is 1.00. The molecule has 1 heteroatoms. The van der Waals surface area contributed by atoms with Crippen LogP contribution in [-0.4, -0.2) is 12.7 Å². The molecular weight excluding hydrogens is 280 g/mol. The third kappa shape index (κ3) is 7.59. The van der Waals surface area contributed by atoms with E-state index < -0.39 is 0 Å². The van der Waals surface area contributed by atoms with E-state index in [-0.39, 0.29) is 0 Å². The van der Waals surface area contributed by atoms with Crippen LogP contribution in [0.15, 0.2) is 0 Å². The van der Waals surface area contributed by atoms with Crippen molar-refractivity contribution in [1.82, 2.24) is 0 Å². The van der Waals surface area contributed by atoms with Crippen LogP contribution < -0.4 is 0 Å². The van der Waals surface area contributed by atoms with Gasteiger partial charge < -0.3 is 4.74 Å². The Morgan fingerprint density at radius 1 is 0.652 bits per heavy atom.